The van der Waals surface area contributed by atoms with E-state index in [1.807, 2.05) is 10.9 Å². The number of carbonyl (C=O) groups is 1. The van der Waals surface area contributed by atoms with Crippen LogP contribution in [0.1, 0.15) is 57.6 Å². The van der Waals surface area contributed by atoms with Gasteiger partial charge in [-0.1, -0.05) is 0 Å². The van der Waals surface area contributed by atoms with Crippen molar-refractivity contribution < 1.29 is 9.53 Å². The molecular formula is C23H39N5O2. The molecule has 1 atom stereocenters. The number of hydrogen-bond acceptors (Lipinski definition) is 5. The number of amides is 1. The minimum Gasteiger partial charge on any atom is -0.379 e. The molecule has 2 aliphatic heterocycles. The van der Waals surface area contributed by atoms with Crippen molar-refractivity contribution in [2.24, 2.45) is 5.92 Å². The lowest BCUT2D eigenvalue weighted by Crippen LogP contribution is -2.51. The van der Waals surface area contributed by atoms with E-state index in [2.05, 4.69) is 39.8 Å². The fourth-order valence-corrected chi connectivity index (χ4v) is 4.76. The number of rotatable bonds is 9. The summed E-state index contributed by atoms with van der Waals surface area (Å²) in [5.41, 5.74) is 1.27. The SMILES string of the molecule is CC(C)n1cc(CN2CCCC(N(CCCN3CCOCC3)C(=O)C3CC3)C2)cn1. The lowest BCUT2D eigenvalue weighted by molar-refractivity contribution is -0.136. The van der Waals surface area contributed by atoms with Crippen LogP contribution in [0.3, 0.4) is 0 Å². The van der Waals surface area contributed by atoms with Gasteiger partial charge in [0.15, 0.2) is 0 Å². The Morgan fingerprint density at radius 1 is 1.20 bits per heavy atom. The highest BCUT2D eigenvalue weighted by Crippen LogP contribution is 2.33. The highest BCUT2D eigenvalue weighted by molar-refractivity contribution is 5.81. The van der Waals surface area contributed by atoms with Crippen LogP contribution >= 0.6 is 0 Å². The first kappa shape index (κ1) is 21.8. The molecule has 0 bridgehead atoms. The number of likely N-dealkylation sites (tertiary alicyclic amines) is 1. The van der Waals surface area contributed by atoms with E-state index in [0.717, 1.165) is 84.7 Å². The van der Waals surface area contributed by atoms with Gasteiger partial charge in [0, 0.05) is 69.0 Å². The van der Waals surface area contributed by atoms with Gasteiger partial charge < -0.3 is 9.64 Å². The maximum Gasteiger partial charge on any atom is 0.225 e. The molecule has 3 fully saturated rings. The third kappa shape index (κ3) is 5.83. The number of hydrogen-bond donors (Lipinski definition) is 0. The Hall–Kier alpha value is -1.44. The molecule has 30 heavy (non-hydrogen) atoms. The molecular weight excluding hydrogens is 378 g/mol. The van der Waals surface area contributed by atoms with E-state index in [9.17, 15) is 4.79 Å². The largest absolute Gasteiger partial charge is 0.379 e. The van der Waals surface area contributed by atoms with E-state index >= 15 is 0 Å². The summed E-state index contributed by atoms with van der Waals surface area (Å²) in [6.45, 7) is 13.1. The molecule has 3 heterocycles. The third-order valence-corrected chi connectivity index (χ3v) is 6.70. The summed E-state index contributed by atoms with van der Waals surface area (Å²) in [4.78, 5) is 20.3. The minimum atomic E-state index is 0.299. The molecule has 0 spiro atoms. The van der Waals surface area contributed by atoms with Gasteiger partial charge in [-0.25, -0.2) is 0 Å². The van der Waals surface area contributed by atoms with Gasteiger partial charge in [-0.05, 0) is 52.5 Å². The number of carbonyl (C=O) groups excluding carboxylic acids is 1. The average molecular weight is 418 g/mol. The van der Waals surface area contributed by atoms with Crippen LogP contribution in [-0.2, 0) is 16.1 Å². The van der Waals surface area contributed by atoms with E-state index in [1.165, 1.54) is 12.0 Å². The van der Waals surface area contributed by atoms with Crippen molar-refractivity contribution in [3.63, 3.8) is 0 Å². The molecule has 0 N–H and O–H groups in total. The van der Waals surface area contributed by atoms with Crippen LogP contribution in [0.5, 0.6) is 0 Å². The minimum absolute atomic E-state index is 0.299. The maximum atomic E-state index is 13.1. The van der Waals surface area contributed by atoms with Crippen molar-refractivity contribution >= 4 is 5.91 Å². The first-order chi connectivity index (χ1) is 14.6. The standard InChI is InChI=1S/C23H39N5O2/c1-19(2)28-17-20(15-24-28)16-26-8-3-5-22(18-26)27(23(29)21-6-7-21)10-4-9-25-11-13-30-14-12-25/h15,17,19,21-22H,3-14,16,18H2,1-2H3. The lowest BCUT2D eigenvalue weighted by atomic mass is 10.0. The second kappa shape index (κ2) is 10.2. The fraction of sp³-hybridized carbons (Fsp3) is 0.826. The van der Waals surface area contributed by atoms with Crippen LogP contribution in [0.25, 0.3) is 0 Å². The number of nitrogens with zero attached hydrogens (tertiary/aromatic N) is 5. The highest BCUT2D eigenvalue weighted by Gasteiger charge is 2.37. The molecule has 1 amide bonds. The summed E-state index contributed by atoms with van der Waals surface area (Å²) in [6, 6.07) is 0.752. The highest BCUT2D eigenvalue weighted by atomic mass is 16.5. The van der Waals surface area contributed by atoms with E-state index in [0.29, 0.717) is 23.9 Å². The van der Waals surface area contributed by atoms with Crippen LogP contribution in [0.4, 0.5) is 0 Å². The van der Waals surface area contributed by atoms with Gasteiger partial charge in [0.05, 0.1) is 19.4 Å². The Labute approximate surface area is 181 Å². The molecule has 7 nitrogen and oxygen atoms in total. The summed E-state index contributed by atoms with van der Waals surface area (Å²) in [5.74, 6) is 0.712. The predicted molar refractivity (Wildman–Crippen MR) is 117 cm³/mol. The van der Waals surface area contributed by atoms with Gasteiger partial charge in [-0.2, -0.15) is 5.10 Å². The van der Waals surface area contributed by atoms with Crippen molar-refractivity contribution in [1.29, 1.82) is 0 Å². The summed E-state index contributed by atoms with van der Waals surface area (Å²) in [5, 5.41) is 4.49. The first-order valence-electron chi connectivity index (χ1n) is 12.0. The van der Waals surface area contributed by atoms with E-state index < -0.39 is 0 Å². The molecule has 1 saturated carbocycles. The topological polar surface area (TPSA) is 53.8 Å². The molecule has 1 unspecified atom stereocenters. The Morgan fingerprint density at radius 3 is 2.70 bits per heavy atom. The van der Waals surface area contributed by atoms with Crippen LogP contribution in [0.2, 0.25) is 0 Å². The molecule has 168 valence electrons. The third-order valence-electron chi connectivity index (χ3n) is 6.70. The summed E-state index contributed by atoms with van der Waals surface area (Å²) in [7, 11) is 0. The van der Waals surface area contributed by atoms with Gasteiger partial charge in [-0.15, -0.1) is 0 Å². The molecule has 4 rings (SSSR count). The molecule has 7 heteroatoms. The smallest absolute Gasteiger partial charge is 0.225 e. The van der Waals surface area contributed by atoms with E-state index in [1.54, 1.807) is 0 Å². The lowest BCUT2D eigenvalue weighted by Gasteiger charge is -2.40. The van der Waals surface area contributed by atoms with Crippen molar-refractivity contribution in [3.05, 3.63) is 18.0 Å². The van der Waals surface area contributed by atoms with Crippen LogP contribution in [0.15, 0.2) is 12.4 Å². The predicted octanol–water partition coefficient (Wildman–Crippen LogP) is 2.39. The zero-order chi connectivity index (χ0) is 20.9. The van der Waals surface area contributed by atoms with Gasteiger partial charge in [0.25, 0.3) is 0 Å². The van der Waals surface area contributed by atoms with E-state index in [-0.39, 0.29) is 0 Å². The Morgan fingerprint density at radius 2 is 2.00 bits per heavy atom. The number of ether oxygens (including phenoxy) is 1. The Kier molecular flexibility index (Phi) is 7.44. The molecule has 1 aliphatic carbocycles. The van der Waals surface area contributed by atoms with Crippen LogP contribution in [-0.4, -0.2) is 88.9 Å². The monoisotopic (exact) mass is 417 g/mol. The molecule has 0 radical (unpaired) electrons. The maximum absolute atomic E-state index is 13.1. The summed E-state index contributed by atoms with van der Waals surface area (Å²) in [6.07, 6.45) is 9.71. The average Bonchev–Trinajstić information content (AvgIpc) is 3.50. The fourth-order valence-electron chi connectivity index (χ4n) is 4.76. The van der Waals surface area contributed by atoms with Crippen molar-refractivity contribution in [3.8, 4) is 0 Å². The zero-order valence-corrected chi connectivity index (χ0v) is 18.8. The second-order valence-corrected chi connectivity index (χ2v) is 9.57. The molecule has 3 aliphatic rings. The normalized spacial score (nSPS) is 23.8. The van der Waals surface area contributed by atoms with Crippen molar-refractivity contribution in [1.82, 2.24) is 24.5 Å². The molecule has 0 aromatic carbocycles. The van der Waals surface area contributed by atoms with Crippen LogP contribution < -0.4 is 0 Å². The number of morpholine rings is 1. The Bertz CT molecular complexity index is 681. The van der Waals surface area contributed by atoms with Crippen molar-refractivity contribution in [2.75, 3.05) is 52.5 Å². The quantitative estimate of drug-likeness (QED) is 0.618. The molecule has 1 aromatic rings. The van der Waals surface area contributed by atoms with Gasteiger partial charge >= 0.3 is 0 Å². The molecule has 2 saturated heterocycles. The first-order valence-corrected chi connectivity index (χ1v) is 12.0. The number of piperidine rings is 1. The summed E-state index contributed by atoms with van der Waals surface area (Å²) >= 11 is 0. The van der Waals surface area contributed by atoms with Gasteiger partial charge in [0.2, 0.25) is 5.91 Å². The van der Waals surface area contributed by atoms with Crippen LogP contribution in [0, 0.1) is 5.92 Å². The Balaban J connectivity index is 1.32. The van der Waals surface area contributed by atoms with Crippen molar-refractivity contribution in [2.45, 2.75) is 64.6 Å². The van der Waals surface area contributed by atoms with Gasteiger partial charge in [-0.3, -0.25) is 19.3 Å². The zero-order valence-electron chi connectivity index (χ0n) is 18.8. The van der Waals surface area contributed by atoms with E-state index in [4.69, 9.17) is 4.74 Å². The number of aromatic nitrogens is 2. The molecule has 1 aromatic heterocycles. The summed E-state index contributed by atoms with van der Waals surface area (Å²) < 4.78 is 7.49. The van der Waals surface area contributed by atoms with Gasteiger partial charge in [0.1, 0.15) is 0 Å². The second-order valence-electron chi connectivity index (χ2n) is 9.57.